The summed E-state index contributed by atoms with van der Waals surface area (Å²) in [5, 5.41) is 14.9. The third-order valence-electron chi connectivity index (χ3n) is 5.53. The SMILES string of the molecule is COc1cc2nc(N3CCCN(Cc4ccccn4)CC3)cc(C)c2cc1OC.O=CO.O=CO. The normalized spacial score (nSPS) is 13.4. The van der Waals surface area contributed by atoms with Gasteiger partial charge < -0.3 is 24.6 Å². The van der Waals surface area contributed by atoms with Crippen LogP contribution in [-0.2, 0) is 16.1 Å². The maximum absolute atomic E-state index is 8.36. The van der Waals surface area contributed by atoms with Crippen LogP contribution >= 0.6 is 0 Å². The molecule has 2 N–H and O–H groups in total. The van der Waals surface area contributed by atoms with Gasteiger partial charge in [0.15, 0.2) is 11.5 Å². The van der Waals surface area contributed by atoms with Crippen LogP contribution in [0.2, 0.25) is 0 Å². The van der Waals surface area contributed by atoms with E-state index in [-0.39, 0.29) is 12.9 Å². The lowest BCUT2D eigenvalue weighted by Crippen LogP contribution is -2.31. The minimum absolute atomic E-state index is 0.250. The number of rotatable bonds is 5. The molecule has 2 aromatic heterocycles. The molecule has 0 amide bonds. The molecule has 1 aliphatic rings. The van der Waals surface area contributed by atoms with E-state index in [0.29, 0.717) is 5.75 Å². The molecule has 188 valence electrons. The summed E-state index contributed by atoms with van der Waals surface area (Å²) in [7, 11) is 3.32. The number of ether oxygens (including phenoxy) is 2. The number of carboxylic acid groups (broad SMARTS) is 2. The zero-order valence-corrected chi connectivity index (χ0v) is 20.3. The molecule has 0 unspecified atom stereocenters. The highest BCUT2D eigenvalue weighted by molar-refractivity contribution is 5.87. The van der Waals surface area contributed by atoms with Crippen LogP contribution in [0.15, 0.2) is 42.6 Å². The predicted molar refractivity (Wildman–Crippen MR) is 133 cm³/mol. The lowest BCUT2D eigenvalue weighted by atomic mass is 10.1. The maximum Gasteiger partial charge on any atom is 0.290 e. The van der Waals surface area contributed by atoms with Gasteiger partial charge in [-0.2, -0.15) is 0 Å². The summed E-state index contributed by atoms with van der Waals surface area (Å²) < 4.78 is 10.9. The van der Waals surface area contributed by atoms with Crippen molar-refractivity contribution in [2.24, 2.45) is 0 Å². The van der Waals surface area contributed by atoms with Gasteiger partial charge in [-0.1, -0.05) is 6.07 Å². The van der Waals surface area contributed by atoms with E-state index >= 15 is 0 Å². The first-order valence-corrected chi connectivity index (χ1v) is 11.1. The molecule has 1 aromatic carbocycles. The van der Waals surface area contributed by atoms with E-state index in [2.05, 4.69) is 39.9 Å². The second-order valence-electron chi connectivity index (χ2n) is 7.67. The Bertz CT molecular complexity index is 1070. The fourth-order valence-electron chi connectivity index (χ4n) is 3.94. The molecule has 1 aliphatic heterocycles. The number of benzene rings is 1. The third kappa shape index (κ3) is 7.82. The second-order valence-corrected chi connectivity index (χ2v) is 7.67. The van der Waals surface area contributed by atoms with Gasteiger partial charge >= 0.3 is 0 Å². The number of methoxy groups -OCH3 is 2. The van der Waals surface area contributed by atoms with Crippen LogP contribution in [0.1, 0.15) is 17.7 Å². The third-order valence-corrected chi connectivity index (χ3v) is 5.53. The van der Waals surface area contributed by atoms with Crippen LogP contribution in [0.25, 0.3) is 10.9 Å². The molecule has 0 atom stereocenters. The monoisotopic (exact) mass is 484 g/mol. The number of aryl methyl sites for hydroxylation is 1. The standard InChI is InChI=1S/C23H28N4O2.2CH2O2/c1-17-13-23(25-20-15-22(29-3)21(28-2)14-19(17)20)27-10-6-9-26(11-12-27)16-18-7-4-5-8-24-18;2*2-1-3/h4-5,7-8,13-15H,6,9-12,16H2,1-3H3;2*1H,(H,2,3). The molecule has 3 aromatic rings. The number of anilines is 1. The quantitative estimate of drug-likeness (QED) is 0.522. The fraction of sp³-hybridized carbons (Fsp3) is 0.360. The second kappa shape index (κ2) is 14.4. The molecular weight excluding hydrogens is 452 g/mol. The van der Waals surface area contributed by atoms with E-state index in [9.17, 15) is 0 Å². The molecule has 1 saturated heterocycles. The van der Waals surface area contributed by atoms with Gasteiger partial charge in [0, 0.05) is 50.4 Å². The summed E-state index contributed by atoms with van der Waals surface area (Å²) in [5.41, 5.74) is 3.26. The Labute approximate surface area is 204 Å². The molecule has 1 fully saturated rings. The van der Waals surface area contributed by atoms with Gasteiger partial charge in [0.25, 0.3) is 12.9 Å². The Kier molecular flexibility index (Phi) is 11.2. The minimum atomic E-state index is -0.250. The highest BCUT2D eigenvalue weighted by Gasteiger charge is 2.18. The molecule has 0 aliphatic carbocycles. The van der Waals surface area contributed by atoms with Gasteiger partial charge in [-0.15, -0.1) is 0 Å². The molecule has 3 heterocycles. The summed E-state index contributed by atoms with van der Waals surface area (Å²) >= 11 is 0. The fourth-order valence-corrected chi connectivity index (χ4v) is 3.94. The number of pyridine rings is 2. The average Bonchev–Trinajstić information content (AvgIpc) is 3.10. The van der Waals surface area contributed by atoms with Crippen molar-refractivity contribution >= 4 is 29.7 Å². The molecule has 10 nitrogen and oxygen atoms in total. The van der Waals surface area contributed by atoms with Gasteiger partial charge in [-0.05, 0) is 43.2 Å². The number of aromatic nitrogens is 2. The van der Waals surface area contributed by atoms with E-state index < -0.39 is 0 Å². The van der Waals surface area contributed by atoms with Gasteiger partial charge in [0.05, 0.1) is 25.4 Å². The first kappa shape index (κ1) is 27.3. The lowest BCUT2D eigenvalue weighted by molar-refractivity contribution is -0.123. The van der Waals surface area contributed by atoms with Gasteiger partial charge in [-0.3, -0.25) is 19.5 Å². The van der Waals surface area contributed by atoms with Crippen LogP contribution in [0.5, 0.6) is 11.5 Å². The van der Waals surface area contributed by atoms with Crippen LogP contribution < -0.4 is 14.4 Å². The number of hydrogen-bond acceptors (Lipinski definition) is 8. The van der Waals surface area contributed by atoms with E-state index in [0.717, 1.165) is 67.3 Å². The number of nitrogens with zero attached hydrogens (tertiary/aromatic N) is 4. The van der Waals surface area contributed by atoms with Crippen molar-refractivity contribution in [1.82, 2.24) is 14.9 Å². The lowest BCUT2D eigenvalue weighted by Gasteiger charge is -2.23. The first-order valence-electron chi connectivity index (χ1n) is 11.1. The molecular formula is C25H32N4O6. The topological polar surface area (TPSA) is 125 Å². The minimum Gasteiger partial charge on any atom is -0.493 e. The Hall–Kier alpha value is -3.92. The number of carbonyl (C=O) groups is 2. The highest BCUT2D eigenvalue weighted by Crippen LogP contribution is 2.34. The number of hydrogen-bond donors (Lipinski definition) is 2. The summed E-state index contributed by atoms with van der Waals surface area (Å²) in [6.45, 7) is 6.56. The zero-order valence-electron chi connectivity index (χ0n) is 20.3. The van der Waals surface area contributed by atoms with Gasteiger partial charge in [-0.25, -0.2) is 4.98 Å². The van der Waals surface area contributed by atoms with Gasteiger partial charge in [0.2, 0.25) is 0 Å². The smallest absolute Gasteiger partial charge is 0.290 e. The molecule has 10 heteroatoms. The van der Waals surface area contributed by atoms with Crippen molar-refractivity contribution in [1.29, 1.82) is 0 Å². The van der Waals surface area contributed by atoms with Crippen molar-refractivity contribution in [2.45, 2.75) is 19.9 Å². The van der Waals surface area contributed by atoms with Crippen molar-refractivity contribution in [2.75, 3.05) is 45.3 Å². The number of fused-ring (bicyclic) bond motifs is 1. The maximum atomic E-state index is 8.36. The van der Waals surface area contributed by atoms with E-state index in [1.807, 2.05) is 24.4 Å². The van der Waals surface area contributed by atoms with E-state index in [4.69, 9.17) is 34.3 Å². The summed E-state index contributed by atoms with van der Waals surface area (Å²) in [6, 6.07) is 12.3. The molecule has 35 heavy (non-hydrogen) atoms. The predicted octanol–water partition coefficient (Wildman–Crippen LogP) is 3.07. The molecule has 0 saturated carbocycles. The van der Waals surface area contributed by atoms with Crippen LogP contribution in [0.4, 0.5) is 5.82 Å². The van der Waals surface area contributed by atoms with Gasteiger partial charge in [0.1, 0.15) is 5.82 Å². The van der Waals surface area contributed by atoms with Crippen LogP contribution in [-0.4, -0.2) is 78.4 Å². The summed E-state index contributed by atoms with van der Waals surface area (Å²) in [4.78, 5) is 31.0. The Morgan fingerprint density at radius 1 is 0.971 bits per heavy atom. The Morgan fingerprint density at radius 2 is 1.66 bits per heavy atom. The van der Waals surface area contributed by atoms with E-state index in [1.165, 1.54) is 5.56 Å². The molecule has 0 bridgehead atoms. The van der Waals surface area contributed by atoms with Crippen LogP contribution in [0.3, 0.4) is 0 Å². The molecule has 4 rings (SSSR count). The van der Waals surface area contributed by atoms with Crippen molar-refractivity contribution < 1.29 is 29.3 Å². The summed E-state index contributed by atoms with van der Waals surface area (Å²) in [5.74, 6) is 2.47. The average molecular weight is 485 g/mol. The van der Waals surface area contributed by atoms with Crippen molar-refractivity contribution in [3.8, 4) is 11.5 Å². The zero-order chi connectivity index (χ0) is 25.6. The molecule has 0 radical (unpaired) electrons. The van der Waals surface area contributed by atoms with Crippen molar-refractivity contribution in [3.63, 3.8) is 0 Å². The molecule has 0 spiro atoms. The van der Waals surface area contributed by atoms with Crippen molar-refractivity contribution in [3.05, 3.63) is 53.9 Å². The first-order chi connectivity index (χ1) is 17.0. The summed E-state index contributed by atoms with van der Waals surface area (Å²) in [6.07, 6.45) is 2.97. The Balaban J connectivity index is 0.000000655. The van der Waals surface area contributed by atoms with Crippen LogP contribution in [0, 0.1) is 6.92 Å². The largest absolute Gasteiger partial charge is 0.493 e. The van der Waals surface area contributed by atoms with E-state index in [1.54, 1.807) is 14.2 Å². The Morgan fingerprint density at radius 3 is 2.29 bits per heavy atom. The highest BCUT2D eigenvalue weighted by atomic mass is 16.5.